The summed E-state index contributed by atoms with van der Waals surface area (Å²) in [4.78, 5) is 21.7. The predicted molar refractivity (Wildman–Crippen MR) is 141 cm³/mol. The molecule has 0 atom stereocenters. The van der Waals surface area contributed by atoms with Crippen LogP contribution in [0.3, 0.4) is 0 Å². The molecule has 1 heterocycles. The number of carbonyl (C=O) groups is 1. The monoisotopic (exact) mass is 477 g/mol. The van der Waals surface area contributed by atoms with Gasteiger partial charge in [0.05, 0.1) is 5.54 Å². The fourth-order valence-electron chi connectivity index (χ4n) is 6.56. The third-order valence-corrected chi connectivity index (χ3v) is 9.72. The van der Waals surface area contributed by atoms with Gasteiger partial charge in [-0.3, -0.25) is 4.90 Å². The summed E-state index contributed by atoms with van der Waals surface area (Å²) >= 11 is 4.76. The van der Waals surface area contributed by atoms with Gasteiger partial charge in [-0.15, -0.1) is 12.6 Å². The molecule has 5 rings (SSSR count). The van der Waals surface area contributed by atoms with Crippen molar-refractivity contribution in [2.45, 2.75) is 74.4 Å². The second-order valence-electron chi connectivity index (χ2n) is 11.1. The fraction of sp³-hybridized carbons (Fsp3) is 0.552. The number of urea groups is 1. The van der Waals surface area contributed by atoms with Gasteiger partial charge in [0.15, 0.2) is 0 Å². The number of aryl methyl sites for hydroxylation is 1. The Morgan fingerprint density at radius 2 is 1.71 bits per heavy atom. The Bertz CT molecular complexity index is 1020. The van der Waals surface area contributed by atoms with Gasteiger partial charge < -0.3 is 9.80 Å². The molecule has 1 aliphatic heterocycles. The third kappa shape index (κ3) is 4.05. The SMILES string of the molecule is Cc1cccc(CN2CC3(CCC(c4ccccc4)(N(C)C)CC3)N(CC3CCC3)C2=O)c1S. The molecule has 0 N–H and O–H groups in total. The zero-order valence-corrected chi connectivity index (χ0v) is 21.9. The molecule has 2 saturated carbocycles. The molecule has 0 unspecified atom stereocenters. The molecule has 0 bridgehead atoms. The topological polar surface area (TPSA) is 26.8 Å². The molecule has 34 heavy (non-hydrogen) atoms. The highest BCUT2D eigenvalue weighted by Crippen LogP contribution is 2.49. The van der Waals surface area contributed by atoms with E-state index in [1.165, 1.54) is 30.4 Å². The molecule has 4 nitrogen and oxygen atoms in total. The van der Waals surface area contributed by atoms with Crippen LogP contribution in [-0.4, -0.2) is 53.5 Å². The van der Waals surface area contributed by atoms with Crippen LogP contribution in [0.5, 0.6) is 0 Å². The van der Waals surface area contributed by atoms with E-state index in [0.717, 1.165) is 49.2 Å². The van der Waals surface area contributed by atoms with E-state index in [1.54, 1.807) is 0 Å². The first-order valence-corrected chi connectivity index (χ1v) is 13.4. The highest BCUT2D eigenvalue weighted by Gasteiger charge is 2.54. The lowest BCUT2D eigenvalue weighted by Crippen LogP contribution is -2.56. The van der Waals surface area contributed by atoms with Crippen molar-refractivity contribution in [3.8, 4) is 0 Å². The largest absolute Gasteiger partial charge is 0.320 e. The van der Waals surface area contributed by atoms with Gasteiger partial charge in [0.1, 0.15) is 0 Å². The van der Waals surface area contributed by atoms with Crippen molar-refractivity contribution >= 4 is 18.7 Å². The lowest BCUT2D eigenvalue weighted by Gasteiger charge is -2.51. The van der Waals surface area contributed by atoms with Crippen molar-refractivity contribution < 1.29 is 4.79 Å². The first-order valence-electron chi connectivity index (χ1n) is 12.9. The van der Waals surface area contributed by atoms with E-state index < -0.39 is 0 Å². The minimum absolute atomic E-state index is 0.0416. The van der Waals surface area contributed by atoms with E-state index in [2.05, 4.69) is 84.2 Å². The van der Waals surface area contributed by atoms with E-state index in [9.17, 15) is 4.79 Å². The van der Waals surface area contributed by atoms with Gasteiger partial charge in [0.2, 0.25) is 0 Å². The lowest BCUT2D eigenvalue weighted by molar-refractivity contribution is 0.0159. The van der Waals surface area contributed by atoms with Crippen LogP contribution in [0.25, 0.3) is 0 Å². The minimum Gasteiger partial charge on any atom is -0.318 e. The standard InChI is InChI=1S/C29H39N3OS/c1-22-9-7-12-24(26(22)34)20-31-21-28(32(27(31)33)19-23-10-8-11-23)15-17-29(18-16-28,30(2)3)25-13-5-4-6-14-25/h4-7,9,12-14,23,34H,8,10-11,15-21H2,1-3H3. The number of carbonyl (C=O) groups excluding carboxylic acids is 1. The van der Waals surface area contributed by atoms with Crippen LogP contribution >= 0.6 is 12.6 Å². The van der Waals surface area contributed by atoms with Gasteiger partial charge in [-0.25, -0.2) is 4.79 Å². The maximum Gasteiger partial charge on any atom is 0.320 e. The van der Waals surface area contributed by atoms with Crippen LogP contribution in [0.4, 0.5) is 4.79 Å². The Kier molecular flexibility index (Phi) is 6.45. The summed E-state index contributed by atoms with van der Waals surface area (Å²) in [7, 11) is 4.43. The normalized spacial score (nSPS) is 27.6. The summed E-state index contributed by atoms with van der Waals surface area (Å²) in [6.45, 7) is 4.50. The second kappa shape index (κ2) is 9.23. The molecule has 0 radical (unpaired) electrons. The predicted octanol–water partition coefficient (Wildman–Crippen LogP) is 6.09. The van der Waals surface area contributed by atoms with E-state index >= 15 is 0 Å². The molecule has 2 amide bonds. The van der Waals surface area contributed by atoms with Gasteiger partial charge in [0.25, 0.3) is 0 Å². The smallest absolute Gasteiger partial charge is 0.318 e. The molecule has 2 aromatic carbocycles. The first-order chi connectivity index (χ1) is 16.3. The van der Waals surface area contributed by atoms with Gasteiger partial charge in [0, 0.05) is 30.1 Å². The number of rotatable bonds is 6. The average molecular weight is 478 g/mol. The van der Waals surface area contributed by atoms with Crippen molar-refractivity contribution in [1.82, 2.24) is 14.7 Å². The maximum atomic E-state index is 13.8. The number of nitrogens with zero attached hydrogens (tertiary/aromatic N) is 3. The third-order valence-electron chi connectivity index (χ3n) is 9.08. The Morgan fingerprint density at radius 3 is 2.32 bits per heavy atom. The zero-order chi connectivity index (χ0) is 23.9. The molecule has 5 heteroatoms. The lowest BCUT2D eigenvalue weighted by atomic mass is 9.68. The number of thiol groups is 1. The number of hydrogen-bond acceptors (Lipinski definition) is 3. The van der Waals surface area contributed by atoms with Crippen LogP contribution in [0.1, 0.15) is 61.6 Å². The number of benzene rings is 2. The van der Waals surface area contributed by atoms with Gasteiger partial charge >= 0.3 is 6.03 Å². The summed E-state index contributed by atoms with van der Waals surface area (Å²) in [6.07, 6.45) is 8.11. The quantitative estimate of drug-likeness (QED) is 0.510. The van der Waals surface area contributed by atoms with Crippen molar-refractivity contribution in [2.24, 2.45) is 5.92 Å². The van der Waals surface area contributed by atoms with E-state index in [4.69, 9.17) is 12.6 Å². The van der Waals surface area contributed by atoms with Crippen LogP contribution in [0.15, 0.2) is 53.4 Å². The molecular formula is C29H39N3OS. The Labute approximate surface area is 210 Å². The van der Waals surface area contributed by atoms with E-state index in [0.29, 0.717) is 12.5 Å². The molecule has 2 aromatic rings. The van der Waals surface area contributed by atoms with Crippen LogP contribution in [0, 0.1) is 12.8 Å². The van der Waals surface area contributed by atoms with Gasteiger partial charge in [-0.2, -0.15) is 0 Å². The molecule has 0 aromatic heterocycles. The molecule has 1 spiro atoms. The number of hydrogen-bond donors (Lipinski definition) is 1. The van der Waals surface area contributed by atoms with Gasteiger partial charge in [-0.1, -0.05) is 55.0 Å². The summed E-state index contributed by atoms with van der Waals surface area (Å²) in [5, 5.41) is 0. The highest BCUT2D eigenvalue weighted by atomic mass is 32.1. The maximum absolute atomic E-state index is 13.8. The Balaban J connectivity index is 1.42. The molecule has 2 aliphatic carbocycles. The Hall–Kier alpha value is -1.98. The van der Waals surface area contributed by atoms with Crippen LogP contribution in [0.2, 0.25) is 0 Å². The van der Waals surface area contributed by atoms with Crippen LogP contribution in [-0.2, 0) is 12.1 Å². The minimum atomic E-state index is -0.0540. The zero-order valence-electron chi connectivity index (χ0n) is 21.0. The molecular weight excluding hydrogens is 438 g/mol. The molecule has 182 valence electrons. The van der Waals surface area contributed by atoms with Crippen LogP contribution < -0.4 is 0 Å². The molecule has 1 saturated heterocycles. The summed E-state index contributed by atoms with van der Waals surface area (Å²) in [6, 6.07) is 17.5. The molecule has 3 aliphatic rings. The average Bonchev–Trinajstić information content (AvgIpc) is 3.05. The van der Waals surface area contributed by atoms with Crippen molar-refractivity contribution in [2.75, 3.05) is 27.2 Å². The Morgan fingerprint density at radius 1 is 1.00 bits per heavy atom. The van der Waals surface area contributed by atoms with Crippen molar-refractivity contribution in [3.05, 3.63) is 65.2 Å². The van der Waals surface area contributed by atoms with E-state index in [-0.39, 0.29) is 17.1 Å². The summed E-state index contributed by atoms with van der Waals surface area (Å²) in [5.74, 6) is 0.676. The highest BCUT2D eigenvalue weighted by molar-refractivity contribution is 7.80. The first kappa shape index (κ1) is 23.7. The van der Waals surface area contributed by atoms with Gasteiger partial charge in [-0.05, 0) is 82.2 Å². The fourth-order valence-corrected chi connectivity index (χ4v) is 6.78. The number of amides is 2. The molecule has 3 fully saturated rings. The summed E-state index contributed by atoms with van der Waals surface area (Å²) in [5.41, 5.74) is 3.72. The van der Waals surface area contributed by atoms with Crippen molar-refractivity contribution in [1.29, 1.82) is 0 Å². The summed E-state index contributed by atoms with van der Waals surface area (Å²) < 4.78 is 0. The van der Waals surface area contributed by atoms with E-state index in [1.807, 2.05) is 0 Å². The second-order valence-corrected chi connectivity index (χ2v) is 11.6. The van der Waals surface area contributed by atoms with Crippen molar-refractivity contribution in [3.63, 3.8) is 0 Å².